The number of halogens is 2. The lowest BCUT2D eigenvalue weighted by molar-refractivity contribution is 0.0252. The molecule has 0 spiro atoms. The molecular formula is C12H15BrFNO3. The van der Waals surface area contributed by atoms with Crippen molar-refractivity contribution in [3.05, 3.63) is 21.9 Å². The third-order valence-electron chi connectivity index (χ3n) is 2.85. The van der Waals surface area contributed by atoms with Crippen molar-refractivity contribution in [3.8, 4) is 11.5 Å². The Morgan fingerprint density at radius 2 is 2.22 bits per heavy atom. The minimum absolute atomic E-state index is 0.258. The average Bonchev–Trinajstić information content (AvgIpc) is 2.42. The van der Waals surface area contributed by atoms with Crippen LogP contribution in [0.15, 0.2) is 10.5 Å². The van der Waals surface area contributed by atoms with Crippen LogP contribution in [0.3, 0.4) is 0 Å². The highest BCUT2D eigenvalue weighted by Gasteiger charge is 2.25. The zero-order valence-electron chi connectivity index (χ0n) is 10.3. The van der Waals surface area contributed by atoms with E-state index in [2.05, 4.69) is 21.2 Å². The molecule has 0 aromatic heterocycles. The third kappa shape index (κ3) is 2.46. The molecule has 1 aliphatic rings. The van der Waals surface area contributed by atoms with Gasteiger partial charge in [0.15, 0.2) is 11.5 Å². The van der Waals surface area contributed by atoms with Crippen LogP contribution in [0.5, 0.6) is 11.5 Å². The molecular weight excluding hydrogens is 305 g/mol. The van der Waals surface area contributed by atoms with Crippen LogP contribution in [0.4, 0.5) is 4.39 Å². The molecule has 0 amide bonds. The summed E-state index contributed by atoms with van der Waals surface area (Å²) in [5, 5.41) is 3.17. The highest BCUT2D eigenvalue weighted by atomic mass is 79.9. The van der Waals surface area contributed by atoms with Gasteiger partial charge in [0.05, 0.1) is 31.4 Å². The standard InChI is InChI=1S/C12H15BrFNO3/c1-16-8-5-7(9-6-15-3-4-18-9)11(14)10(13)12(8)17-2/h5,9,15H,3-4,6H2,1-2H3. The van der Waals surface area contributed by atoms with Crippen molar-refractivity contribution in [1.82, 2.24) is 5.32 Å². The topological polar surface area (TPSA) is 39.7 Å². The predicted octanol–water partition coefficient (Wildman–Crippen LogP) is 2.27. The summed E-state index contributed by atoms with van der Waals surface area (Å²) in [6, 6.07) is 1.62. The second-order valence-corrected chi connectivity index (χ2v) is 4.69. The maximum Gasteiger partial charge on any atom is 0.177 e. The molecule has 0 saturated carbocycles. The maximum atomic E-state index is 14.3. The Balaban J connectivity index is 2.44. The number of morpholine rings is 1. The van der Waals surface area contributed by atoms with Gasteiger partial charge in [-0.25, -0.2) is 4.39 Å². The highest BCUT2D eigenvalue weighted by Crippen LogP contribution is 2.41. The van der Waals surface area contributed by atoms with Crippen molar-refractivity contribution in [2.75, 3.05) is 33.9 Å². The summed E-state index contributed by atoms with van der Waals surface area (Å²) < 4.78 is 30.4. The zero-order valence-corrected chi connectivity index (χ0v) is 11.8. The number of ether oxygens (including phenoxy) is 3. The van der Waals surface area contributed by atoms with E-state index in [-0.39, 0.29) is 16.4 Å². The van der Waals surface area contributed by atoms with Crippen molar-refractivity contribution < 1.29 is 18.6 Å². The molecule has 18 heavy (non-hydrogen) atoms. The Hall–Kier alpha value is -0.850. The van der Waals surface area contributed by atoms with Crippen molar-refractivity contribution in [2.45, 2.75) is 6.10 Å². The highest BCUT2D eigenvalue weighted by molar-refractivity contribution is 9.10. The Kier molecular flexibility index (Phi) is 4.42. The molecule has 4 nitrogen and oxygen atoms in total. The van der Waals surface area contributed by atoms with Crippen LogP contribution in [0, 0.1) is 5.82 Å². The van der Waals surface area contributed by atoms with E-state index >= 15 is 0 Å². The summed E-state index contributed by atoms with van der Waals surface area (Å²) in [4.78, 5) is 0. The molecule has 0 aliphatic carbocycles. The largest absolute Gasteiger partial charge is 0.493 e. The maximum absolute atomic E-state index is 14.3. The first-order valence-corrected chi connectivity index (χ1v) is 6.40. The van der Waals surface area contributed by atoms with E-state index in [1.807, 2.05) is 0 Å². The molecule has 1 heterocycles. The van der Waals surface area contributed by atoms with Crippen molar-refractivity contribution in [3.63, 3.8) is 0 Å². The molecule has 1 aromatic rings. The van der Waals surface area contributed by atoms with E-state index in [1.165, 1.54) is 14.2 Å². The normalized spacial score (nSPS) is 19.7. The van der Waals surface area contributed by atoms with Gasteiger partial charge < -0.3 is 19.5 Å². The number of hydrogen-bond acceptors (Lipinski definition) is 4. The van der Waals surface area contributed by atoms with Crippen LogP contribution in [0.25, 0.3) is 0 Å². The number of hydrogen-bond donors (Lipinski definition) is 1. The first-order valence-electron chi connectivity index (χ1n) is 5.61. The Labute approximate surface area is 114 Å². The summed E-state index contributed by atoms with van der Waals surface area (Å²) in [6.07, 6.45) is -0.310. The minimum atomic E-state index is -0.374. The second kappa shape index (κ2) is 5.86. The molecule has 6 heteroatoms. The summed E-state index contributed by atoms with van der Waals surface area (Å²) in [5.41, 5.74) is 0.465. The number of benzene rings is 1. The van der Waals surface area contributed by atoms with E-state index in [9.17, 15) is 4.39 Å². The lowest BCUT2D eigenvalue weighted by Crippen LogP contribution is -2.33. The molecule has 1 saturated heterocycles. The van der Waals surface area contributed by atoms with Gasteiger partial charge in [-0.15, -0.1) is 0 Å². The van der Waals surface area contributed by atoms with E-state index in [1.54, 1.807) is 6.07 Å². The van der Waals surface area contributed by atoms with Gasteiger partial charge in [0, 0.05) is 18.7 Å². The molecule has 0 bridgehead atoms. The summed E-state index contributed by atoms with van der Waals surface area (Å²) in [5.74, 6) is 0.457. The van der Waals surface area contributed by atoms with Gasteiger partial charge in [0.2, 0.25) is 0 Å². The van der Waals surface area contributed by atoms with E-state index in [0.717, 1.165) is 6.54 Å². The Morgan fingerprint density at radius 1 is 1.44 bits per heavy atom. The lowest BCUT2D eigenvalue weighted by atomic mass is 10.1. The fourth-order valence-electron chi connectivity index (χ4n) is 1.95. The smallest absolute Gasteiger partial charge is 0.177 e. The SMILES string of the molecule is COc1cc(C2CNCCO2)c(F)c(Br)c1OC. The van der Waals surface area contributed by atoms with Crippen molar-refractivity contribution >= 4 is 15.9 Å². The van der Waals surface area contributed by atoms with Crippen LogP contribution in [0.1, 0.15) is 11.7 Å². The molecule has 1 atom stereocenters. The molecule has 0 radical (unpaired) electrons. The fraction of sp³-hybridized carbons (Fsp3) is 0.500. The molecule has 1 aliphatic heterocycles. The average molecular weight is 320 g/mol. The zero-order chi connectivity index (χ0) is 13.1. The van der Waals surface area contributed by atoms with Gasteiger partial charge in [-0.05, 0) is 22.0 Å². The first-order chi connectivity index (χ1) is 8.69. The van der Waals surface area contributed by atoms with Crippen LogP contribution in [-0.4, -0.2) is 33.9 Å². The predicted molar refractivity (Wildman–Crippen MR) is 68.8 cm³/mol. The molecule has 1 N–H and O–H groups in total. The van der Waals surface area contributed by atoms with Crippen molar-refractivity contribution in [2.24, 2.45) is 0 Å². The molecule has 1 fully saturated rings. The summed E-state index contributed by atoms with van der Waals surface area (Å²) >= 11 is 3.19. The number of methoxy groups -OCH3 is 2. The monoisotopic (exact) mass is 319 g/mol. The molecule has 100 valence electrons. The van der Waals surface area contributed by atoms with E-state index in [4.69, 9.17) is 14.2 Å². The van der Waals surface area contributed by atoms with Gasteiger partial charge in [-0.3, -0.25) is 0 Å². The van der Waals surface area contributed by atoms with Gasteiger partial charge in [-0.2, -0.15) is 0 Å². The van der Waals surface area contributed by atoms with Gasteiger partial charge in [0.25, 0.3) is 0 Å². The summed E-state index contributed by atoms with van der Waals surface area (Å²) in [6.45, 7) is 1.93. The quantitative estimate of drug-likeness (QED) is 0.927. The second-order valence-electron chi connectivity index (χ2n) is 3.89. The third-order valence-corrected chi connectivity index (χ3v) is 3.56. The van der Waals surface area contributed by atoms with Crippen LogP contribution in [-0.2, 0) is 4.74 Å². The van der Waals surface area contributed by atoms with E-state index < -0.39 is 0 Å². The molecule has 2 rings (SSSR count). The first kappa shape index (κ1) is 13.6. The van der Waals surface area contributed by atoms with E-state index in [0.29, 0.717) is 30.2 Å². The molecule has 1 aromatic carbocycles. The van der Waals surface area contributed by atoms with Gasteiger partial charge >= 0.3 is 0 Å². The Morgan fingerprint density at radius 3 is 2.78 bits per heavy atom. The lowest BCUT2D eigenvalue weighted by Gasteiger charge is -2.25. The minimum Gasteiger partial charge on any atom is -0.493 e. The van der Waals surface area contributed by atoms with Crippen LogP contribution >= 0.6 is 15.9 Å². The molecule has 1 unspecified atom stereocenters. The van der Waals surface area contributed by atoms with Gasteiger partial charge in [0.1, 0.15) is 5.82 Å². The Bertz CT molecular complexity index is 436. The number of rotatable bonds is 3. The number of nitrogens with one attached hydrogen (secondary N) is 1. The van der Waals surface area contributed by atoms with Crippen LogP contribution in [0.2, 0.25) is 0 Å². The fourth-order valence-corrected chi connectivity index (χ4v) is 2.53. The van der Waals surface area contributed by atoms with Crippen molar-refractivity contribution in [1.29, 1.82) is 0 Å². The summed E-state index contributed by atoms with van der Waals surface area (Å²) in [7, 11) is 2.99. The van der Waals surface area contributed by atoms with Crippen LogP contribution < -0.4 is 14.8 Å². The van der Waals surface area contributed by atoms with Gasteiger partial charge in [-0.1, -0.05) is 0 Å².